The highest BCUT2D eigenvalue weighted by atomic mass is 16.5. The second-order valence-electron chi connectivity index (χ2n) is 7.06. The Balaban J connectivity index is 1.85. The third-order valence-electron chi connectivity index (χ3n) is 5.04. The molecule has 0 aliphatic rings. The smallest absolute Gasteiger partial charge is 0.248 e. The molecule has 10 heteroatoms. The summed E-state index contributed by atoms with van der Waals surface area (Å²) in [7, 11) is 7.60. The highest BCUT2D eigenvalue weighted by molar-refractivity contribution is 6.05. The molecule has 0 radical (unpaired) electrons. The molecule has 3 aromatic rings. The number of anilines is 4. The van der Waals surface area contributed by atoms with Crippen molar-refractivity contribution in [1.29, 1.82) is 0 Å². The second-order valence-corrected chi connectivity index (χ2v) is 7.06. The first kappa shape index (κ1) is 25.0. The first-order chi connectivity index (χ1) is 16.9. The summed E-state index contributed by atoms with van der Waals surface area (Å²) in [6.45, 7) is 0. The van der Waals surface area contributed by atoms with Gasteiger partial charge in [-0.05, 0) is 30.3 Å². The lowest BCUT2D eigenvalue weighted by molar-refractivity contribution is -0.111. The van der Waals surface area contributed by atoms with Gasteiger partial charge in [-0.1, -0.05) is 0 Å². The molecule has 0 bridgehead atoms. The standard InChI is InChI=1S/C25H28N4O6/c1-31-17-9-10-18(32-2)23(22(17)26)29-21(30)11-8-15-7-6-12-27-25(15)28-16-13-19(33-3)24(35-5)20(14-16)34-4/h6-14H,26H2,1-5H3,(H,27,28)(H,29,30)/b11-8+. The number of carbonyl (C=O) groups excluding carboxylic acids is 1. The van der Waals surface area contributed by atoms with Crippen LogP contribution in [-0.2, 0) is 4.79 Å². The Morgan fingerprint density at radius 2 is 1.51 bits per heavy atom. The van der Waals surface area contributed by atoms with Gasteiger partial charge in [-0.2, -0.15) is 0 Å². The largest absolute Gasteiger partial charge is 0.495 e. The number of methoxy groups -OCH3 is 5. The molecule has 35 heavy (non-hydrogen) atoms. The van der Waals surface area contributed by atoms with Crippen LogP contribution in [0.15, 0.2) is 48.7 Å². The van der Waals surface area contributed by atoms with Crippen LogP contribution in [0.1, 0.15) is 5.56 Å². The predicted molar refractivity (Wildman–Crippen MR) is 135 cm³/mol. The fraction of sp³-hybridized carbons (Fsp3) is 0.200. The lowest BCUT2D eigenvalue weighted by Crippen LogP contribution is -2.11. The molecule has 0 aliphatic carbocycles. The summed E-state index contributed by atoms with van der Waals surface area (Å²) in [6.07, 6.45) is 4.64. The van der Waals surface area contributed by atoms with Gasteiger partial charge in [0.25, 0.3) is 0 Å². The number of nitrogens with two attached hydrogens (primary N) is 1. The summed E-state index contributed by atoms with van der Waals surface area (Å²) >= 11 is 0. The van der Waals surface area contributed by atoms with Gasteiger partial charge in [0.1, 0.15) is 28.7 Å². The van der Waals surface area contributed by atoms with E-state index in [1.165, 1.54) is 27.4 Å². The Morgan fingerprint density at radius 1 is 0.886 bits per heavy atom. The van der Waals surface area contributed by atoms with Crippen molar-refractivity contribution in [3.63, 3.8) is 0 Å². The fourth-order valence-electron chi connectivity index (χ4n) is 3.33. The molecule has 0 atom stereocenters. The Kier molecular flexibility index (Phi) is 8.23. The van der Waals surface area contributed by atoms with Crippen molar-refractivity contribution < 1.29 is 28.5 Å². The molecule has 1 aromatic heterocycles. The first-order valence-corrected chi connectivity index (χ1v) is 10.5. The lowest BCUT2D eigenvalue weighted by Gasteiger charge is -2.15. The van der Waals surface area contributed by atoms with Crippen molar-refractivity contribution in [3.05, 3.63) is 54.2 Å². The van der Waals surface area contributed by atoms with E-state index >= 15 is 0 Å². The summed E-state index contributed by atoms with van der Waals surface area (Å²) in [5, 5.41) is 5.97. The topological polar surface area (TPSA) is 126 Å². The minimum atomic E-state index is -0.411. The van der Waals surface area contributed by atoms with E-state index in [4.69, 9.17) is 29.4 Å². The summed E-state index contributed by atoms with van der Waals surface area (Å²) in [4.78, 5) is 17.1. The third kappa shape index (κ3) is 5.67. The van der Waals surface area contributed by atoms with Crippen LogP contribution < -0.4 is 40.1 Å². The van der Waals surface area contributed by atoms with Crippen LogP contribution in [0, 0.1) is 0 Å². The van der Waals surface area contributed by atoms with Crippen molar-refractivity contribution in [2.45, 2.75) is 0 Å². The van der Waals surface area contributed by atoms with Gasteiger partial charge in [0, 0.05) is 35.7 Å². The molecule has 3 rings (SSSR count). The molecule has 10 nitrogen and oxygen atoms in total. The number of nitrogens with one attached hydrogen (secondary N) is 2. The van der Waals surface area contributed by atoms with E-state index in [2.05, 4.69) is 15.6 Å². The van der Waals surface area contributed by atoms with Crippen LogP contribution in [0.5, 0.6) is 28.7 Å². The minimum absolute atomic E-state index is 0.264. The lowest BCUT2D eigenvalue weighted by atomic mass is 10.2. The van der Waals surface area contributed by atoms with Crippen molar-refractivity contribution in [1.82, 2.24) is 4.98 Å². The molecule has 1 heterocycles. The van der Waals surface area contributed by atoms with Gasteiger partial charge in [-0.25, -0.2) is 4.98 Å². The van der Waals surface area contributed by atoms with Crippen molar-refractivity contribution in [2.24, 2.45) is 0 Å². The molecule has 184 valence electrons. The van der Waals surface area contributed by atoms with E-state index in [0.717, 1.165) is 0 Å². The van der Waals surface area contributed by atoms with Gasteiger partial charge in [0.2, 0.25) is 11.7 Å². The number of nitrogen functional groups attached to an aromatic ring is 1. The number of hydrogen-bond donors (Lipinski definition) is 3. The fourth-order valence-corrected chi connectivity index (χ4v) is 3.33. The number of ether oxygens (including phenoxy) is 5. The SMILES string of the molecule is COc1ccc(OC)c(NC(=O)/C=C/c2cccnc2Nc2cc(OC)c(OC)c(OC)c2)c1N. The van der Waals surface area contributed by atoms with Crippen molar-refractivity contribution in [2.75, 3.05) is 51.9 Å². The number of nitrogens with zero attached hydrogens (tertiary/aromatic N) is 1. The number of benzene rings is 2. The molecule has 4 N–H and O–H groups in total. The molecule has 0 saturated heterocycles. The summed E-state index contributed by atoms with van der Waals surface area (Å²) < 4.78 is 26.7. The molecule has 0 aliphatic heterocycles. The molecular weight excluding hydrogens is 452 g/mol. The molecule has 0 fully saturated rings. The molecule has 0 unspecified atom stereocenters. The maximum Gasteiger partial charge on any atom is 0.248 e. The summed E-state index contributed by atoms with van der Waals surface area (Å²) in [5.41, 5.74) is 8.02. The van der Waals surface area contributed by atoms with E-state index in [9.17, 15) is 4.79 Å². The number of rotatable bonds is 10. The maximum absolute atomic E-state index is 12.7. The summed E-state index contributed by atoms with van der Waals surface area (Å²) in [6, 6.07) is 10.4. The van der Waals surface area contributed by atoms with E-state index in [0.29, 0.717) is 51.5 Å². The minimum Gasteiger partial charge on any atom is -0.495 e. The Hall–Kier alpha value is -4.60. The van der Waals surface area contributed by atoms with Gasteiger partial charge in [0.05, 0.1) is 35.5 Å². The molecule has 2 aromatic carbocycles. The number of pyridine rings is 1. The van der Waals surface area contributed by atoms with Crippen LogP contribution in [0.25, 0.3) is 6.08 Å². The van der Waals surface area contributed by atoms with Crippen molar-refractivity contribution >= 4 is 34.9 Å². The van der Waals surface area contributed by atoms with E-state index in [1.807, 2.05) is 6.07 Å². The van der Waals surface area contributed by atoms with Crippen LogP contribution in [0.3, 0.4) is 0 Å². The number of hydrogen-bond acceptors (Lipinski definition) is 9. The Morgan fingerprint density at radius 3 is 2.11 bits per heavy atom. The first-order valence-electron chi connectivity index (χ1n) is 10.5. The highest BCUT2D eigenvalue weighted by Gasteiger charge is 2.15. The zero-order valence-electron chi connectivity index (χ0n) is 20.2. The quantitative estimate of drug-likeness (QED) is 0.290. The van der Waals surface area contributed by atoms with Gasteiger partial charge in [-0.3, -0.25) is 4.79 Å². The average Bonchev–Trinajstić information content (AvgIpc) is 2.88. The highest BCUT2D eigenvalue weighted by Crippen LogP contribution is 2.41. The molecule has 0 saturated carbocycles. The Labute approximate surface area is 203 Å². The average molecular weight is 481 g/mol. The van der Waals surface area contributed by atoms with Crippen LogP contribution >= 0.6 is 0 Å². The maximum atomic E-state index is 12.7. The molecule has 1 amide bonds. The van der Waals surface area contributed by atoms with E-state index in [-0.39, 0.29) is 5.69 Å². The number of aromatic nitrogens is 1. The van der Waals surface area contributed by atoms with Crippen molar-refractivity contribution in [3.8, 4) is 28.7 Å². The van der Waals surface area contributed by atoms with Gasteiger partial charge in [-0.15, -0.1) is 0 Å². The van der Waals surface area contributed by atoms with Crippen LogP contribution in [-0.4, -0.2) is 46.4 Å². The second kappa shape index (κ2) is 11.5. The monoisotopic (exact) mass is 480 g/mol. The zero-order chi connectivity index (χ0) is 25.4. The van der Waals surface area contributed by atoms with Gasteiger partial charge >= 0.3 is 0 Å². The predicted octanol–water partition coefficient (Wildman–Crippen LogP) is 4.10. The number of amides is 1. The third-order valence-corrected chi connectivity index (χ3v) is 5.04. The summed E-state index contributed by atoms with van der Waals surface area (Å²) in [5.74, 6) is 2.41. The number of carbonyl (C=O) groups is 1. The van der Waals surface area contributed by atoms with E-state index < -0.39 is 5.91 Å². The van der Waals surface area contributed by atoms with Crippen LogP contribution in [0.2, 0.25) is 0 Å². The normalized spacial score (nSPS) is 10.5. The molecule has 0 spiro atoms. The van der Waals surface area contributed by atoms with Crippen LogP contribution in [0.4, 0.5) is 22.9 Å². The Bertz CT molecular complexity index is 1200. The molecular formula is C25H28N4O6. The van der Waals surface area contributed by atoms with Gasteiger partial charge < -0.3 is 40.1 Å². The zero-order valence-corrected chi connectivity index (χ0v) is 20.2. The van der Waals surface area contributed by atoms with Gasteiger partial charge in [0.15, 0.2) is 11.5 Å². The van der Waals surface area contributed by atoms with E-state index in [1.54, 1.807) is 56.8 Å².